The van der Waals surface area contributed by atoms with E-state index in [1.807, 2.05) is 60.7 Å². The maximum atomic E-state index is 6.83. The summed E-state index contributed by atoms with van der Waals surface area (Å²) >= 11 is 13.0. The summed E-state index contributed by atoms with van der Waals surface area (Å²) in [4.78, 5) is 0. The highest BCUT2D eigenvalue weighted by Gasteiger charge is 2.58. The van der Waals surface area contributed by atoms with Crippen LogP contribution in [0.3, 0.4) is 0 Å². The lowest BCUT2D eigenvalue weighted by molar-refractivity contribution is -0.167. The monoisotopic (exact) mass is 378 g/mol. The van der Waals surface area contributed by atoms with Crippen molar-refractivity contribution in [1.29, 1.82) is 0 Å². The molecule has 0 aromatic heterocycles. The number of ether oxygens (including phenoxy) is 3. The predicted octanol–water partition coefficient (Wildman–Crippen LogP) is 4.07. The minimum Gasteiger partial charge on any atom is -0.370 e. The summed E-state index contributed by atoms with van der Waals surface area (Å²) in [5, 5.41) is 0. The maximum absolute atomic E-state index is 6.83. The van der Waals surface area contributed by atoms with Crippen LogP contribution in [0.1, 0.15) is 11.1 Å². The number of hydrogen-bond acceptors (Lipinski definition) is 3. The van der Waals surface area contributed by atoms with E-state index in [2.05, 4.69) is 0 Å². The predicted molar refractivity (Wildman–Crippen MR) is 98.2 cm³/mol. The summed E-state index contributed by atoms with van der Waals surface area (Å²) < 4.78 is 18.1. The van der Waals surface area contributed by atoms with Crippen LogP contribution in [0.25, 0.3) is 0 Å². The Bertz CT molecular complexity index is 642. The lowest BCUT2D eigenvalue weighted by Crippen LogP contribution is -2.50. The van der Waals surface area contributed by atoms with Crippen LogP contribution in [-0.2, 0) is 25.4 Å². The van der Waals surface area contributed by atoms with Gasteiger partial charge in [-0.25, -0.2) is 0 Å². The molecule has 4 rings (SSSR count). The van der Waals surface area contributed by atoms with Gasteiger partial charge in [-0.3, -0.25) is 0 Å². The third-order valence-electron chi connectivity index (χ3n) is 4.99. The van der Waals surface area contributed by atoms with Gasteiger partial charge in [0.25, 0.3) is 0 Å². The van der Waals surface area contributed by atoms with E-state index in [0.717, 1.165) is 11.1 Å². The van der Waals surface area contributed by atoms with Crippen molar-refractivity contribution in [1.82, 2.24) is 0 Å². The molecule has 2 heterocycles. The van der Waals surface area contributed by atoms with Gasteiger partial charge in [0.15, 0.2) is 0 Å². The van der Waals surface area contributed by atoms with E-state index in [4.69, 9.17) is 37.4 Å². The summed E-state index contributed by atoms with van der Waals surface area (Å²) in [5.74, 6) is 0.555. The fourth-order valence-electron chi connectivity index (χ4n) is 3.40. The molecule has 0 radical (unpaired) electrons. The van der Waals surface area contributed by atoms with E-state index >= 15 is 0 Å². The van der Waals surface area contributed by atoms with Crippen LogP contribution in [0, 0.1) is 0 Å². The molecule has 0 aliphatic carbocycles. The summed E-state index contributed by atoms with van der Waals surface area (Å²) in [6.45, 7) is 1.25. The second kappa shape index (κ2) is 6.90. The zero-order valence-electron chi connectivity index (χ0n) is 13.7. The van der Waals surface area contributed by atoms with Crippen molar-refractivity contribution in [3.8, 4) is 0 Å². The lowest BCUT2D eigenvalue weighted by atomic mass is 9.87. The molecule has 25 heavy (non-hydrogen) atoms. The first kappa shape index (κ1) is 17.3. The summed E-state index contributed by atoms with van der Waals surface area (Å²) in [6, 6.07) is 20.0. The quantitative estimate of drug-likeness (QED) is 0.512. The molecule has 2 aromatic rings. The Labute approximate surface area is 157 Å². The van der Waals surface area contributed by atoms with Crippen molar-refractivity contribution in [2.45, 2.75) is 23.4 Å². The number of benzene rings is 2. The molecule has 3 nitrogen and oxygen atoms in total. The second-order valence-electron chi connectivity index (χ2n) is 6.52. The number of alkyl halides is 2. The summed E-state index contributed by atoms with van der Waals surface area (Å²) in [6.07, 6.45) is -0.171. The van der Waals surface area contributed by atoms with Crippen LogP contribution >= 0.6 is 23.2 Å². The highest BCUT2D eigenvalue weighted by molar-refractivity contribution is 6.19. The molecule has 0 bridgehead atoms. The Morgan fingerprint density at radius 3 is 1.40 bits per heavy atom. The van der Waals surface area contributed by atoms with Gasteiger partial charge in [-0.2, -0.15) is 0 Å². The molecule has 2 aromatic carbocycles. The topological polar surface area (TPSA) is 34.3 Å². The van der Waals surface area contributed by atoms with Crippen LogP contribution in [-0.4, -0.2) is 37.2 Å². The van der Waals surface area contributed by atoms with Crippen LogP contribution in [0.15, 0.2) is 60.7 Å². The molecular weight excluding hydrogens is 359 g/mol. The smallest absolute Gasteiger partial charge is 0.136 e. The first-order valence-electron chi connectivity index (χ1n) is 8.41. The van der Waals surface area contributed by atoms with E-state index in [9.17, 15) is 0 Å². The Morgan fingerprint density at radius 1 is 0.760 bits per heavy atom. The number of halogens is 2. The van der Waals surface area contributed by atoms with Gasteiger partial charge in [0.05, 0.1) is 25.0 Å². The van der Waals surface area contributed by atoms with E-state index in [1.54, 1.807) is 0 Å². The van der Waals surface area contributed by atoms with Crippen molar-refractivity contribution in [3.63, 3.8) is 0 Å². The van der Waals surface area contributed by atoms with Crippen molar-refractivity contribution in [3.05, 3.63) is 71.8 Å². The van der Waals surface area contributed by atoms with E-state index in [0.29, 0.717) is 13.2 Å². The van der Waals surface area contributed by atoms with E-state index in [-0.39, 0.29) is 24.0 Å². The molecule has 5 heteroatoms. The summed E-state index contributed by atoms with van der Waals surface area (Å²) in [5.41, 5.74) is 0.469. The fraction of sp³-hybridized carbons (Fsp3) is 0.400. The van der Waals surface area contributed by atoms with Gasteiger partial charge in [-0.15, -0.1) is 23.2 Å². The molecular formula is C20H20Cl2O3. The molecule has 4 atom stereocenters. The zero-order valence-corrected chi connectivity index (χ0v) is 15.2. The van der Waals surface area contributed by atoms with Crippen molar-refractivity contribution in [2.24, 2.45) is 0 Å². The second-order valence-corrected chi connectivity index (χ2v) is 7.06. The average Bonchev–Trinajstić information content (AvgIpc) is 3.58. The number of rotatable bonds is 8. The molecule has 0 N–H and O–H groups in total. The van der Waals surface area contributed by atoms with Crippen LogP contribution < -0.4 is 0 Å². The van der Waals surface area contributed by atoms with Gasteiger partial charge in [0.1, 0.15) is 23.4 Å². The van der Waals surface area contributed by atoms with Gasteiger partial charge in [0, 0.05) is 0 Å². The number of epoxide rings is 2. The maximum Gasteiger partial charge on any atom is 0.136 e. The zero-order chi connectivity index (χ0) is 17.3. The average molecular weight is 379 g/mol. The molecule has 0 spiro atoms. The van der Waals surface area contributed by atoms with E-state index in [1.165, 1.54) is 0 Å². The molecule has 132 valence electrons. The third kappa shape index (κ3) is 3.09. The molecule has 2 fully saturated rings. The van der Waals surface area contributed by atoms with Gasteiger partial charge >= 0.3 is 0 Å². The van der Waals surface area contributed by atoms with Gasteiger partial charge in [-0.05, 0) is 11.1 Å². The van der Waals surface area contributed by atoms with Gasteiger partial charge in [-0.1, -0.05) is 60.7 Å². The minimum absolute atomic E-state index is 0.0857. The minimum atomic E-state index is -0.764. The molecule has 2 aliphatic heterocycles. The van der Waals surface area contributed by atoms with Crippen LogP contribution in [0.2, 0.25) is 0 Å². The lowest BCUT2D eigenvalue weighted by Gasteiger charge is -2.42. The Balaban J connectivity index is 1.79. The molecule has 0 saturated carbocycles. The summed E-state index contributed by atoms with van der Waals surface area (Å²) in [7, 11) is 0. The Kier molecular flexibility index (Phi) is 4.78. The van der Waals surface area contributed by atoms with Crippen LogP contribution in [0.4, 0.5) is 0 Å². The Hall–Kier alpha value is -1.10. The highest BCUT2D eigenvalue weighted by atomic mass is 35.5. The Morgan fingerprint density at radius 2 is 1.12 bits per heavy atom. The normalized spacial score (nSPS) is 26.5. The molecule has 4 unspecified atom stereocenters. The SMILES string of the molecule is ClCC(OC(CCl)(c1ccccc1)C1CO1)(c1ccccc1)C1CO1. The standard InChI is InChI=1S/C20H20Cl2O3/c21-13-19(17-11-23-17,15-7-3-1-4-8-15)25-20(14-22,18-12-24-18)16-9-5-2-6-10-16/h1-10,17-18H,11-14H2. The van der Waals surface area contributed by atoms with E-state index < -0.39 is 11.2 Å². The van der Waals surface area contributed by atoms with Gasteiger partial charge in [0.2, 0.25) is 0 Å². The van der Waals surface area contributed by atoms with Crippen LogP contribution in [0.5, 0.6) is 0 Å². The fourth-order valence-corrected chi connectivity index (χ4v) is 4.16. The first-order valence-corrected chi connectivity index (χ1v) is 9.48. The highest BCUT2D eigenvalue weighted by Crippen LogP contribution is 2.49. The number of hydrogen-bond donors (Lipinski definition) is 0. The largest absolute Gasteiger partial charge is 0.370 e. The third-order valence-corrected chi connectivity index (χ3v) is 5.79. The van der Waals surface area contributed by atoms with Gasteiger partial charge < -0.3 is 14.2 Å². The molecule has 2 aliphatic rings. The van der Waals surface area contributed by atoms with Crippen molar-refractivity contribution >= 4 is 23.2 Å². The molecule has 0 amide bonds. The van der Waals surface area contributed by atoms with Crippen molar-refractivity contribution in [2.75, 3.05) is 25.0 Å². The van der Waals surface area contributed by atoms with Crippen molar-refractivity contribution < 1.29 is 14.2 Å². The first-order chi connectivity index (χ1) is 12.2. The molecule has 2 saturated heterocycles.